The molecule has 3 heterocycles. The number of fused-ring (bicyclic) bond motifs is 1. The maximum atomic E-state index is 5.51. The molecule has 1 saturated heterocycles. The van der Waals surface area contributed by atoms with Crippen molar-refractivity contribution < 1.29 is 4.52 Å². The van der Waals surface area contributed by atoms with Gasteiger partial charge in [-0.25, -0.2) is 0 Å². The number of aromatic nitrogens is 1. The maximum absolute atomic E-state index is 5.51. The van der Waals surface area contributed by atoms with E-state index in [1.807, 2.05) is 0 Å². The molecule has 4 heteroatoms. The summed E-state index contributed by atoms with van der Waals surface area (Å²) in [5, 5.41) is 7.49. The van der Waals surface area contributed by atoms with Gasteiger partial charge in [-0.1, -0.05) is 5.16 Å². The average molecular weight is 221 g/mol. The minimum Gasteiger partial charge on any atom is -0.361 e. The number of likely N-dealkylation sites (tertiary alicyclic amines) is 1. The molecule has 16 heavy (non-hydrogen) atoms. The summed E-state index contributed by atoms with van der Waals surface area (Å²) in [6.07, 6.45) is 4.73. The van der Waals surface area contributed by atoms with E-state index in [9.17, 15) is 0 Å². The van der Waals surface area contributed by atoms with Crippen LogP contribution < -0.4 is 5.32 Å². The quantitative estimate of drug-likeness (QED) is 0.807. The summed E-state index contributed by atoms with van der Waals surface area (Å²) < 4.78 is 5.51. The molecule has 1 aromatic rings. The predicted octanol–water partition coefficient (Wildman–Crippen LogP) is 0.957. The summed E-state index contributed by atoms with van der Waals surface area (Å²) in [6, 6.07) is 0.659. The molecule has 1 fully saturated rings. The molecule has 0 radical (unpaired) electrons. The molecule has 0 aromatic carbocycles. The highest BCUT2D eigenvalue weighted by Crippen LogP contribution is 2.24. The van der Waals surface area contributed by atoms with Gasteiger partial charge in [0.1, 0.15) is 11.5 Å². The van der Waals surface area contributed by atoms with Crippen LogP contribution >= 0.6 is 0 Å². The Morgan fingerprint density at radius 1 is 1.56 bits per heavy atom. The highest BCUT2D eigenvalue weighted by Gasteiger charge is 2.26. The second kappa shape index (κ2) is 4.18. The summed E-state index contributed by atoms with van der Waals surface area (Å²) in [5.41, 5.74) is 2.50. The van der Waals surface area contributed by atoms with Crippen LogP contribution in [0.15, 0.2) is 4.52 Å². The van der Waals surface area contributed by atoms with E-state index in [0.29, 0.717) is 6.04 Å². The molecule has 88 valence electrons. The molecule has 2 aliphatic rings. The first kappa shape index (κ1) is 10.3. The minimum atomic E-state index is 0.659. The fourth-order valence-corrected chi connectivity index (χ4v) is 2.84. The normalized spacial score (nSPS) is 25.9. The van der Waals surface area contributed by atoms with Crippen LogP contribution in [0, 0.1) is 0 Å². The topological polar surface area (TPSA) is 41.3 Å². The second-order valence-electron chi connectivity index (χ2n) is 4.94. The molecular weight excluding hydrogens is 202 g/mol. The standard InChI is InChI=1S/C12H19N3O/c1-15-6-2-3-9(15)7-12-10-4-5-13-8-11(10)14-16-12/h9,13H,2-8H2,1H3. The largest absolute Gasteiger partial charge is 0.361 e. The molecule has 0 aliphatic carbocycles. The molecule has 0 saturated carbocycles. The smallest absolute Gasteiger partial charge is 0.141 e. The van der Waals surface area contributed by atoms with Crippen molar-refractivity contribution >= 4 is 0 Å². The van der Waals surface area contributed by atoms with Gasteiger partial charge in [0.25, 0.3) is 0 Å². The van der Waals surface area contributed by atoms with Gasteiger partial charge in [0.2, 0.25) is 0 Å². The van der Waals surface area contributed by atoms with Crippen molar-refractivity contribution in [3.8, 4) is 0 Å². The molecule has 0 spiro atoms. The van der Waals surface area contributed by atoms with Crippen LogP contribution in [0.25, 0.3) is 0 Å². The van der Waals surface area contributed by atoms with Gasteiger partial charge >= 0.3 is 0 Å². The Hall–Kier alpha value is -0.870. The second-order valence-corrected chi connectivity index (χ2v) is 4.94. The highest BCUT2D eigenvalue weighted by atomic mass is 16.5. The Balaban J connectivity index is 1.76. The molecule has 4 nitrogen and oxygen atoms in total. The van der Waals surface area contributed by atoms with E-state index >= 15 is 0 Å². The van der Waals surface area contributed by atoms with Crippen LogP contribution in [-0.2, 0) is 19.4 Å². The molecule has 0 amide bonds. The van der Waals surface area contributed by atoms with Crippen molar-refractivity contribution in [1.82, 2.24) is 15.4 Å². The van der Waals surface area contributed by atoms with E-state index in [2.05, 4.69) is 22.4 Å². The van der Waals surface area contributed by atoms with Gasteiger partial charge in [0, 0.05) is 24.6 Å². The zero-order valence-electron chi connectivity index (χ0n) is 9.83. The van der Waals surface area contributed by atoms with Gasteiger partial charge in [0.05, 0.1) is 0 Å². The third-order valence-electron chi connectivity index (χ3n) is 3.89. The zero-order valence-corrected chi connectivity index (χ0v) is 9.83. The molecule has 3 rings (SSSR count). The number of nitrogens with one attached hydrogen (secondary N) is 1. The fraction of sp³-hybridized carbons (Fsp3) is 0.750. The Bertz CT molecular complexity index is 374. The van der Waals surface area contributed by atoms with Crippen molar-refractivity contribution in [2.24, 2.45) is 0 Å². The monoisotopic (exact) mass is 221 g/mol. The Labute approximate surface area is 96.0 Å². The number of hydrogen-bond donors (Lipinski definition) is 1. The molecule has 1 aromatic heterocycles. The highest BCUT2D eigenvalue weighted by molar-refractivity contribution is 5.26. The van der Waals surface area contributed by atoms with Crippen molar-refractivity contribution in [2.75, 3.05) is 20.1 Å². The summed E-state index contributed by atoms with van der Waals surface area (Å²) in [7, 11) is 2.21. The number of likely N-dealkylation sites (N-methyl/N-ethyl adjacent to an activating group) is 1. The van der Waals surface area contributed by atoms with Crippen LogP contribution in [0.1, 0.15) is 29.9 Å². The molecule has 1 unspecified atom stereocenters. The van der Waals surface area contributed by atoms with E-state index in [4.69, 9.17) is 4.52 Å². The SMILES string of the molecule is CN1CCCC1Cc1onc2c1CCNC2. The Morgan fingerprint density at radius 3 is 3.31 bits per heavy atom. The summed E-state index contributed by atoms with van der Waals surface area (Å²) in [5.74, 6) is 1.13. The van der Waals surface area contributed by atoms with Crippen LogP contribution in [0.4, 0.5) is 0 Å². The number of hydrogen-bond acceptors (Lipinski definition) is 4. The molecule has 2 aliphatic heterocycles. The first-order chi connectivity index (χ1) is 7.84. The average Bonchev–Trinajstić information content (AvgIpc) is 2.88. The van der Waals surface area contributed by atoms with E-state index in [-0.39, 0.29) is 0 Å². The van der Waals surface area contributed by atoms with Crippen molar-refractivity contribution in [3.63, 3.8) is 0 Å². The number of nitrogens with zero attached hydrogens (tertiary/aromatic N) is 2. The van der Waals surface area contributed by atoms with Crippen LogP contribution in [0.5, 0.6) is 0 Å². The molecule has 0 bridgehead atoms. The van der Waals surface area contributed by atoms with Gasteiger partial charge < -0.3 is 14.7 Å². The lowest BCUT2D eigenvalue weighted by Gasteiger charge is -2.19. The lowest BCUT2D eigenvalue weighted by molar-refractivity contribution is 0.281. The summed E-state index contributed by atoms with van der Waals surface area (Å²) in [6.45, 7) is 3.16. The minimum absolute atomic E-state index is 0.659. The third-order valence-corrected chi connectivity index (χ3v) is 3.89. The van der Waals surface area contributed by atoms with E-state index in [1.54, 1.807) is 0 Å². The van der Waals surface area contributed by atoms with Crippen LogP contribution in [0.2, 0.25) is 0 Å². The van der Waals surface area contributed by atoms with E-state index in [1.165, 1.54) is 24.9 Å². The number of rotatable bonds is 2. The van der Waals surface area contributed by atoms with Crippen molar-refractivity contribution in [2.45, 2.75) is 38.3 Å². The van der Waals surface area contributed by atoms with Gasteiger partial charge in [0.15, 0.2) is 0 Å². The maximum Gasteiger partial charge on any atom is 0.141 e. The molecular formula is C12H19N3O. The van der Waals surface area contributed by atoms with Crippen LogP contribution in [-0.4, -0.2) is 36.2 Å². The predicted molar refractivity (Wildman–Crippen MR) is 61.3 cm³/mol. The first-order valence-corrected chi connectivity index (χ1v) is 6.22. The summed E-state index contributed by atoms with van der Waals surface area (Å²) in [4.78, 5) is 2.44. The van der Waals surface area contributed by atoms with E-state index < -0.39 is 0 Å². The van der Waals surface area contributed by atoms with Gasteiger partial charge in [-0.2, -0.15) is 0 Å². The molecule has 1 atom stereocenters. The third kappa shape index (κ3) is 1.76. The Kier molecular flexibility index (Phi) is 2.69. The fourth-order valence-electron chi connectivity index (χ4n) is 2.84. The first-order valence-electron chi connectivity index (χ1n) is 6.22. The Morgan fingerprint density at radius 2 is 2.50 bits per heavy atom. The van der Waals surface area contributed by atoms with Gasteiger partial charge in [-0.05, 0) is 39.4 Å². The zero-order chi connectivity index (χ0) is 11.0. The van der Waals surface area contributed by atoms with E-state index in [0.717, 1.165) is 37.4 Å². The van der Waals surface area contributed by atoms with Gasteiger partial charge in [-0.15, -0.1) is 0 Å². The lowest BCUT2D eigenvalue weighted by Crippen LogP contribution is -2.28. The summed E-state index contributed by atoms with van der Waals surface area (Å²) >= 11 is 0. The van der Waals surface area contributed by atoms with Crippen LogP contribution in [0.3, 0.4) is 0 Å². The van der Waals surface area contributed by atoms with Crippen molar-refractivity contribution in [1.29, 1.82) is 0 Å². The molecule has 1 N–H and O–H groups in total. The van der Waals surface area contributed by atoms with Crippen molar-refractivity contribution in [3.05, 3.63) is 17.0 Å². The lowest BCUT2D eigenvalue weighted by atomic mass is 10.0. The van der Waals surface area contributed by atoms with Gasteiger partial charge in [-0.3, -0.25) is 0 Å².